The highest BCUT2D eigenvalue weighted by molar-refractivity contribution is 9.10. The van der Waals surface area contributed by atoms with Gasteiger partial charge in [0.1, 0.15) is 0 Å². The minimum Gasteiger partial charge on any atom is -0.478 e. The average molecular weight is 522 g/mol. The van der Waals surface area contributed by atoms with Crippen LogP contribution in [0.15, 0.2) is 40.9 Å². The van der Waals surface area contributed by atoms with E-state index in [1.807, 2.05) is 0 Å². The molecule has 156 valence electrons. The number of carbonyl (C=O) groups is 1. The second-order valence-electron chi connectivity index (χ2n) is 5.78. The second-order valence-corrected chi connectivity index (χ2v) is 7.42. The van der Waals surface area contributed by atoms with E-state index in [4.69, 9.17) is 28.3 Å². The second kappa shape index (κ2) is 8.57. The molecule has 1 atom stereocenters. The van der Waals surface area contributed by atoms with E-state index < -0.39 is 35.4 Å². The third kappa shape index (κ3) is 5.67. The van der Waals surface area contributed by atoms with Crippen molar-refractivity contribution in [3.05, 3.63) is 73.2 Å². The number of hydrogen-bond donors (Lipinski definition) is 1. The number of hydrogen-bond acceptors (Lipinski definition) is 1. The minimum absolute atomic E-state index is 0.0133. The standard InChI is InChI=1S/C18H9BrCl2F6O2/c19-13-6-9(7-14(20)15(13)21)11(17(22,23)24)4-2-8-1-3-10(16(28)29)12(5-8)18(25,26)27/h1-7,11H,(H,28,29)/b4-2+. The maximum Gasteiger partial charge on any atom is 0.417 e. The van der Waals surface area contributed by atoms with Crippen molar-refractivity contribution in [3.63, 3.8) is 0 Å². The number of aromatic carboxylic acids is 1. The molecule has 0 saturated carbocycles. The summed E-state index contributed by atoms with van der Waals surface area (Å²) in [5, 5.41) is 8.75. The van der Waals surface area contributed by atoms with Gasteiger partial charge in [-0.05, 0) is 51.3 Å². The molecule has 0 spiro atoms. The molecular weight excluding hydrogens is 513 g/mol. The van der Waals surface area contributed by atoms with E-state index in [9.17, 15) is 31.1 Å². The molecule has 0 radical (unpaired) electrons. The number of benzene rings is 2. The van der Waals surface area contributed by atoms with E-state index in [2.05, 4.69) is 15.9 Å². The quantitative estimate of drug-likeness (QED) is 0.329. The van der Waals surface area contributed by atoms with Crippen LogP contribution in [0.3, 0.4) is 0 Å². The van der Waals surface area contributed by atoms with Gasteiger partial charge in [0.2, 0.25) is 0 Å². The summed E-state index contributed by atoms with van der Waals surface area (Å²) in [6, 6.07) is 4.24. The van der Waals surface area contributed by atoms with Gasteiger partial charge in [-0.1, -0.05) is 41.4 Å². The van der Waals surface area contributed by atoms with Gasteiger partial charge in [0.05, 0.1) is 27.1 Å². The topological polar surface area (TPSA) is 37.3 Å². The fourth-order valence-electron chi connectivity index (χ4n) is 2.46. The average Bonchev–Trinajstić information content (AvgIpc) is 2.57. The number of alkyl halides is 6. The molecule has 0 bridgehead atoms. The van der Waals surface area contributed by atoms with Crippen LogP contribution in [0.1, 0.15) is 33.0 Å². The van der Waals surface area contributed by atoms with Crippen LogP contribution in [0.5, 0.6) is 0 Å². The third-order valence-electron chi connectivity index (χ3n) is 3.78. The Morgan fingerprint density at radius 1 is 1.07 bits per heavy atom. The highest BCUT2D eigenvalue weighted by Crippen LogP contribution is 2.41. The molecule has 1 unspecified atom stereocenters. The molecule has 0 aliphatic carbocycles. The van der Waals surface area contributed by atoms with Crippen LogP contribution in [0, 0.1) is 0 Å². The van der Waals surface area contributed by atoms with Crippen LogP contribution in [-0.4, -0.2) is 17.3 Å². The maximum atomic E-state index is 13.5. The van der Waals surface area contributed by atoms with E-state index in [1.54, 1.807) is 0 Å². The molecule has 0 saturated heterocycles. The summed E-state index contributed by atoms with van der Waals surface area (Å²) in [4.78, 5) is 11.0. The van der Waals surface area contributed by atoms with Gasteiger partial charge in [0, 0.05) is 4.47 Å². The summed E-state index contributed by atoms with van der Waals surface area (Å²) < 4.78 is 79.9. The summed E-state index contributed by atoms with van der Waals surface area (Å²) in [5.74, 6) is -4.00. The largest absolute Gasteiger partial charge is 0.478 e. The Balaban J connectivity index is 2.52. The van der Waals surface area contributed by atoms with Crippen molar-refractivity contribution in [2.24, 2.45) is 0 Å². The van der Waals surface area contributed by atoms with Crippen molar-refractivity contribution >= 4 is 51.2 Å². The highest BCUT2D eigenvalue weighted by Gasteiger charge is 2.39. The molecule has 2 nitrogen and oxygen atoms in total. The first-order valence-electron chi connectivity index (χ1n) is 7.55. The lowest BCUT2D eigenvalue weighted by atomic mass is 9.96. The maximum absolute atomic E-state index is 13.5. The SMILES string of the molecule is O=C(O)c1ccc(/C=C/C(c2cc(Cl)c(Cl)c(Br)c2)C(F)(F)F)cc1C(F)(F)F. The molecule has 2 rings (SSSR count). The molecule has 1 N–H and O–H groups in total. The monoisotopic (exact) mass is 520 g/mol. The highest BCUT2D eigenvalue weighted by atomic mass is 79.9. The molecule has 0 fully saturated rings. The Morgan fingerprint density at radius 3 is 2.17 bits per heavy atom. The lowest BCUT2D eigenvalue weighted by molar-refractivity contribution is -0.139. The molecule has 29 heavy (non-hydrogen) atoms. The zero-order valence-electron chi connectivity index (χ0n) is 13.9. The van der Waals surface area contributed by atoms with Crippen LogP contribution >= 0.6 is 39.1 Å². The molecule has 11 heteroatoms. The van der Waals surface area contributed by atoms with E-state index in [0.29, 0.717) is 18.2 Å². The molecule has 2 aromatic carbocycles. The third-order valence-corrected chi connectivity index (χ3v) is 5.43. The molecule has 0 aromatic heterocycles. The predicted molar refractivity (Wildman–Crippen MR) is 100 cm³/mol. The van der Waals surface area contributed by atoms with Crippen LogP contribution < -0.4 is 0 Å². The Morgan fingerprint density at radius 2 is 1.69 bits per heavy atom. The summed E-state index contributed by atoms with van der Waals surface area (Å²) in [5.41, 5.74) is -3.01. The molecule has 2 aromatic rings. The zero-order chi connectivity index (χ0) is 22.1. The number of carboxylic acids is 1. The Kier molecular flexibility index (Phi) is 6.97. The lowest BCUT2D eigenvalue weighted by Gasteiger charge is -2.18. The minimum atomic E-state index is -4.99. The van der Waals surface area contributed by atoms with Crippen molar-refractivity contribution in [1.29, 1.82) is 0 Å². The van der Waals surface area contributed by atoms with Gasteiger partial charge in [0.25, 0.3) is 0 Å². The van der Waals surface area contributed by atoms with E-state index in [1.165, 1.54) is 0 Å². The zero-order valence-corrected chi connectivity index (χ0v) is 17.0. The number of rotatable bonds is 4. The molecule has 0 heterocycles. The van der Waals surface area contributed by atoms with Crippen molar-refractivity contribution in [3.8, 4) is 0 Å². The Bertz CT molecular complexity index is 947. The van der Waals surface area contributed by atoms with E-state index in [0.717, 1.165) is 24.3 Å². The molecule has 0 aliphatic rings. The summed E-state index contributed by atoms with van der Waals surface area (Å²) >= 11 is 14.6. The smallest absolute Gasteiger partial charge is 0.417 e. The summed E-state index contributed by atoms with van der Waals surface area (Å²) in [7, 11) is 0. The van der Waals surface area contributed by atoms with Gasteiger partial charge in [-0.3, -0.25) is 0 Å². The van der Waals surface area contributed by atoms with Gasteiger partial charge >= 0.3 is 18.3 Å². The first-order chi connectivity index (χ1) is 13.2. The van der Waals surface area contributed by atoms with Gasteiger partial charge in [0.15, 0.2) is 0 Å². The van der Waals surface area contributed by atoms with E-state index >= 15 is 0 Å². The fourth-order valence-corrected chi connectivity index (χ4v) is 3.39. The molecule has 0 aliphatic heterocycles. The van der Waals surface area contributed by atoms with Crippen LogP contribution in [0.4, 0.5) is 26.3 Å². The number of allylic oxidation sites excluding steroid dienone is 1. The normalized spacial score (nSPS) is 13.7. The van der Waals surface area contributed by atoms with Crippen LogP contribution in [-0.2, 0) is 6.18 Å². The molecular formula is C18H9BrCl2F6O2. The van der Waals surface area contributed by atoms with E-state index in [-0.39, 0.29) is 25.6 Å². The lowest BCUT2D eigenvalue weighted by Crippen LogP contribution is -2.19. The number of carboxylic acid groups (broad SMARTS) is 1. The van der Waals surface area contributed by atoms with Gasteiger partial charge in [-0.2, -0.15) is 26.3 Å². The van der Waals surface area contributed by atoms with Gasteiger partial charge in [-0.15, -0.1) is 0 Å². The Hall–Kier alpha value is -1.71. The van der Waals surface area contributed by atoms with Crippen LogP contribution in [0.2, 0.25) is 10.0 Å². The van der Waals surface area contributed by atoms with Crippen LogP contribution in [0.25, 0.3) is 6.08 Å². The van der Waals surface area contributed by atoms with Crippen molar-refractivity contribution in [2.75, 3.05) is 0 Å². The van der Waals surface area contributed by atoms with Crippen molar-refractivity contribution < 1.29 is 36.2 Å². The van der Waals surface area contributed by atoms with Crippen molar-refractivity contribution in [1.82, 2.24) is 0 Å². The first kappa shape index (κ1) is 23.6. The number of halogens is 9. The Labute approximate surface area is 178 Å². The fraction of sp³-hybridized carbons (Fsp3) is 0.167. The summed E-state index contributed by atoms with van der Waals surface area (Å²) in [6.45, 7) is 0. The van der Waals surface area contributed by atoms with Crippen molar-refractivity contribution in [2.45, 2.75) is 18.3 Å². The van der Waals surface area contributed by atoms with Gasteiger partial charge in [-0.25, -0.2) is 4.79 Å². The predicted octanol–water partition coefficient (Wildman–Crippen LogP) is 7.83. The summed E-state index contributed by atoms with van der Waals surface area (Å²) in [6.07, 6.45) is -8.28. The molecule has 0 amide bonds. The first-order valence-corrected chi connectivity index (χ1v) is 9.10. The van der Waals surface area contributed by atoms with Gasteiger partial charge < -0.3 is 5.11 Å².